The first-order valence-corrected chi connectivity index (χ1v) is 9.19. The minimum absolute atomic E-state index is 0. The number of hydrogen-bond donors (Lipinski definition) is 0. The molecule has 2 aromatic heterocycles. The van der Waals surface area contributed by atoms with E-state index in [1.807, 2.05) is 42.2 Å². The number of fused-ring (bicyclic) bond motifs is 1. The smallest absolute Gasteiger partial charge is 0.270 e. The lowest BCUT2D eigenvalue weighted by Gasteiger charge is -2.37. The van der Waals surface area contributed by atoms with E-state index in [1.54, 1.807) is 12.3 Å². The quantitative estimate of drug-likeness (QED) is 0.632. The zero-order chi connectivity index (χ0) is 19.0. The van der Waals surface area contributed by atoms with E-state index in [0.717, 1.165) is 29.4 Å². The lowest BCUT2D eigenvalue weighted by Crippen LogP contribution is -2.47. The number of aromatic nitrogens is 2. The van der Waals surface area contributed by atoms with Crippen molar-refractivity contribution in [1.82, 2.24) is 9.38 Å². The third-order valence-corrected chi connectivity index (χ3v) is 5.27. The van der Waals surface area contributed by atoms with Gasteiger partial charge in [0.1, 0.15) is 17.0 Å². The Kier molecular flexibility index (Phi) is 5.70. The molecule has 1 aromatic carbocycles. The Morgan fingerprint density at radius 3 is 2.39 bits per heavy atom. The molecule has 3 heterocycles. The van der Waals surface area contributed by atoms with Gasteiger partial charge in [-0.3, -0.25) is 14.0 Å². The van der Waals surface area contributed by atoms with Crippen LogP contribution in [0.25, 0.3) is 5.65 Å². The summed E-state index contributed by atoms with van der Waals surface area (Å²) in [6, 6.07) is 11.4. The minimum Gasteiger partial charge on any atom is -0.367 e. The number of aldehydes is 1. The van der Waals surface area contributed by atoms with Gasteiger partial charge < -0.3 is 9.80 Å². The summed E-state index contributed by atoms with van der Waals surface area (Å²) >= 11 is 6.30. The predicted molar refractivity (Wildman–Crippen MR) is 114 cm³/mol. The second-order valence-electron chi connectivity index (χ2n) is 6.58. The van der Waals surface area contributed by atoms with Gasteiger partial charge in [0.2, 0.25) is 0 Å². The number of piperazine rings is 1. The van der Waals surface area contributed by atoms with Crippen molar-refractivity contribution in [3.8, 4) is 0 Å². The van der Waals surface area contributed by atoms with Gasteiger partial charge in [-0.15, -0.1) is 0 Å². The van der Waals surface area contributed by atoms with E-state index in [2.05, 4.69) is 9.88 Å². The minimum atomic E-state index is -0.331. The van der Waals surface area contributed by atoms with E-state index in [1.165, 1.54) is 4.40 Å². The van der Waals surface area contributed by atoms with Crippen LogP contribution >= 0.6 is 11.6 Å². The molecule has 1 aliphatic heterocycles. The molecule has 0 amide bonds. The van der Waals surface area contributed by atoms with Crippen LogP contribution in [-0.4, -0.2) is 41.8 Å². The molecular formula is C21H23ClN4O2. The number of hydrogen-bond acceptors (Lipinski definition) is 5. The van der Waals surface area contributed by atoms with Crippen LogP contribution in [0, 0.1) is 6.92 Å². The third kappa shape index (κ3) is 3.36. The summed E-state index contributed by atoms with van der Waals surface area (Å²) in [5.41, 5.74) is 2.24. The Balaban J connectivity index is 0.00000225. The molecule has 1 fully saturated rings. The van der Waals surface area contributed by atoms with Crippen LogP contribution in [0.3, 0.4) is 0 Å². The number of halogens is 1. The van der Waals surface area contributed by atoms with Crippen LogP contribution in [0.5, 0.6) is 0 Å². The van der Waals surface area contributed by atoms with Crippen molar-refractivity contribution in [2.75, 3.05) is 36.0 Å². The molecule has 0 unspecified atom stereocenters. The number of para-hydroxylation sites is 1. The molecule has 0 bridgehead atoms. The van der Waals surface area contributed by atoms with Gasteiger partial charge >= 0.3 is 0 Å². The number of carbonyl (C=O) groups is 1. The van der Waals surface area contributed by atoms with Gasteiger partial charge in [-0.2, -0.15) is 0 Å². The number of rotatable bonds is 3. The first-order valence-electron chi connectivity index (χ1n) is 8.81. The molecule has 1 aliphatic rings. The van der Waals surface area contributed by atoms with Crippen LogP contribution in [0.15, 0.2) is 47.4 Å². The molecule has 4 rings (SSSR count). The van der Waals surface area contributed by atoms with Gasteiger partial charge in [-0.05, 0) is 30.7 Å². The summed E-state index contributed by atoms with van der Waals surface area (Å²) in [6.45, 7) is 4.68. The Bertz CT molecular complexity index is 1070. The Morgan fingerprint density at radius 1 is 1.04 bits per heavy atom. The molecule has 0 radical (unpaired) electrons. The molecule has 1 saturated heterocycles. The molecule has 3 aromatic rings. The maximum Gasteiger partial charge on any atom is 0.270 e. The first kappa shape index (κ1) is 19.9. The monoisotopic (exact) mass is 398 g/mol. The fraction of sp³-hybridized carbons (Fsp3) is 0.286. The SMILES string of the molecule is C.Cc1cccn2c(=O)c(C=O)c(N3CCN(c4ccccc4Cl)CC3)nc12. The zero-order valence-corrected chi connectivity index (χ0v) is 15.7. The molecule has 28 heavy (non-hydrogen) atoms. The Labute approximate surface area is 169 Å². The van der Waals surface area contributed by atoms with Crippen molar-refractivity contribution >= 4 is 35.0 Å². The highest BCUT2D eigenvalue weighted by Crippen LogP contribution is 2.27. The predicted octanol–water partition coefficient (Wildman–Crippen LogP) is 3.43. The third-order valence-electron chi connectivity index (χ3n) is 4.95. The summed E-state index contributed by atoms with van der Waals surface area (Å²) < 4.78 is 1.43. The topological polar surface area (TPSA) is 57.9 Å². The molecule has 0 N–H and O–H groups in total. The normalized spacial score (nSPS) is 14.1. The van der Waals surface area contributed by atoms with Crippen molar-refractivity contribution in [1.29, 1.82) is 0 Å². The molecule has 146 valence electrons. The number of anilines is 2. The highest BCUT2D eigenvalue weighted by atomic mass is 35.5. The van der Waals surface area contributed by atoms with E-state index in [4.69, 9.17) is 11.6 Å². The van der Waals surface area contributed by atoms with Gasteiger partial charge in [0.15, 0.2) is 6.29 Å². The summed E-state index contributed by atoms with van der Waals surface area (Å²) in [4.78, 5) is 33.3. The number of carbonyl (C=O) groups excluding carboxylic acids is 1. The van der Waals surface area contributed by atoms with E-state index in [9.17, 15) is 9.59 Å². The maximum absolute atomic E-state index is 12.7. The lowest BCUT2D eigenvalue weighted by molar-refractivity contribution is 0.112. The molecule has 0 saturated carbocycles. The highest BCUT2D eigenvalue weighted by Gasteiger charge is 2.24. The van der Waals surface area contributed by atoms with E-state index < -0.39 is 0 Å². The summed E-state index contributed by atoms with van der Waals surface area (Å²) in [5.74, 6) is 0.461. The Morgan fingerprint density at radius 2 is 1.71 bits per heavy atom. The molecule has 0 aliphatic carbocycles. The highest BCUT2D eigenvalue weighted by molar-refractivity contribution is 6.33. The van der Waals surface area contributed by atoms with Gasteiger partial charge in [-0.1, -0.05) is 37.2 Å². The second-order valence-corrected chi connectivity index (χ2v) is 6.99. The summed E-state index contributed by atoms with van der Waals surface area (Å²) in [7, 11) is 0. The van der Waals surface area contributed by atoms with Crippen LogP contribution in [0.1, 0.15) is 23.3 Å². The van der Waals surface area contributed by atoms with Gasteiger partial charge in [0, 0.05) is 32.4 Å². The van der Waals surface area contributed by atoms with E-state index in [0.29, 0.717) is 30.8 Å². The van der Waals surface area contributed by atoms with Crippen LogP contribution in [0.4, 0.5) is 11.5 Å². The molecule has 7 heteroatoms. The van der Waals surface area contributed by atoms with Crippen LogP contribution < -0.4 is 15.4 Å². The summed E-state index contributed by atoms with van der Waals surface area (Å²) in [5, 5.41) is 0.720. The van der Waals surface area contributed by atoms with Crippen molar-refractivity contribution in [2.45, 2.75) is 14.4 Å². The summed E-state index contributed by atoms with van der Waals surface area (Å²) in [6.07, 6.45) is 2.25. The van der Waals surface area contributed by atoms with E-state index in [-0.39, 0.29) is 18.5 Å². The van der Waals surface area contributed by atoms with Crippen molar-refractivity contribution in [3.05, 3.63) is 69.1 Å². The van der Waals surface area contributed by atoms with Crippen LogP contribution in [-0.2, 0) is 0 Å². The molecule has 6 nitrogen and oxygen atoms in total. The fourth-order valence-corrected chi connectivity index (χ4v) is 3.77. The molecule has 0 spiro atoms. The van der Waals surface area contributed by atoms with E-state index >= 15 is 0 Å². The van der Waals surface area contributed by atoms with Gasteiger partial charge in [0.05, 0.1) is 10.7 Å². The molecular weight excluding hydrogens is 376 g/mol. The van der Waals surface area contributed by atoms with Crippen molar-refractivity contribution < 1.29 is 4.79 Å². The average Bonchev–Trinajstić information content (AvgIpc) is 2.69. The second kappa shape index (κ2) is 8.02. The standard InChI is InChI=1S/C20H19ClN4O2.CH4/c1-14-5-4-8-25-18(14)22-19(15(13-26)20(25)27)24-11-9-23(10-12-24)17-7-3-2-6-16(17)21;/h2-8,13H,9-12H2,1H3;1H4. The number of pyridine rings is 1. The van der Waals surface area contributed by atoms with Crippen molar-refractivity contribution in [2.24, 2.45) is 0 Å². The van der Waals surface area contributed by atoms with Gasteiger partial charge in [0.25, 0.3) is 5.56 Å². The largest absolute Gasteiger partial charge is 0.367 e. The first-order chi connectivity index (χ1) is 13.1. The molecule has 0 atom stereocenters. The van der Waals surface area contributed by atoms with Crippen LogP contribution in [0.2, 0.25) is 5.02 Å². The lowest BCUT2D eigenvalue weighted by atomic mass is 10.2. The maximum atomic E-state index is 12.7. The zero-order valence-electron chi connectivity index (χ0n) is 14.9. The Hall–Kier alpha value is -2.86. The average molecular weight is 399 g/mol. The number of nitrogens with zero attached hydrogens (tertiary/aromatic N) is 4. The van der Waals surface area contributed by atoms with Crippen molar-refractivity contribution in [3.63, 3.8) is 0 Å². The van der Waals surface area contributed by atoms with Gasteiger partial charge in [-0.25, -0.2) is 4.98 Å². The fourth-order valence-electron chi connectivity index (χ4n) is 3.51. The number of benzene rings is 1. The number of aryl methyl sites for hydroxylation is 1.